The number of aromatic amines is 1. The maximum atomic E-state index is 11.2. The van der Waals surface area contributed by atoms with Gasteiger partial charge in [0, 0.05) is 12.4 Å². The fraction of sp³-hybridized carbons (Fsp3) is 0.429. The Morgan fingerprint density at radius 1 is 1.47 bits per heavy atom. The van der Waals surface area contributed by atoms with Gasteiger partial charge in [0.1, 0.15) is 6.33 Å². The first kappa shape index (κ1) is 11.4. The van der Waals surface area contributed by atoms with Crippen LogP contribution in [0.25, 0.3) is 0 Å². The van der Waals surface area contributed by atoms with Gasteiger partial charge in [-0.2, -0.15) is 10.1 Å². The second-order valence-electron chi connectivity index (χ2n) is 2.59. The fourth-order valence-corrected chi connectivity index (χ4v) is 0.913. The van der Waals surface area contributed by atoms with Crippen molar-refractivity contribution in [2.45, 2.75) is 6.42 Å². The minimum absolute atomic E-state index is 0.132. The molecule has 2 amide bonds. The number of hydrogen-bond donors (Lipinski definition) is 3. The molecule has 1 aromatic heterocycles. The highest BCUT2D eigenvalue weighted by atomic mass is 35.5. The second kappa shape index (κ2) is 5.97. The van der Waals surface area contributed by atoms with Gasteiger partial charge in [-0.1, -0.05) is 0 Å². The zero-order valence-electron chi connectivity index (χ0n) is 7.79. The van der Waals surface area contributed by atoms with Crippen LogP contribution in [0, 0.1) is 0 Å². The summed E-state index contributed by atoms with van der Waals surface area (Å²) >= 11 is 5.40. The lowest BCUT2D eigenvalue weighted by atomic mass is 10.4. The zero-order valence-corrected chi connectivity index (χ0v) is 8.54. The number of anilines is 1. The van der Waals surface area contributed by atoms with Crippen molar-refractivity contribution in [1.29, 1.82) is 0 Å². The Kier molecular flexibility index (Phi) is 4.55. The van der Waals surface area contributed by atoms with E-state index in [4.69, 9.17) is 11.6 Å². The number of nitrogens with one attached hydrogen (secondary N) is 3. The molecule has 1 aromatic rings. The molecule has 0 atom stereocenters. The van der Waals surface area contributed by atoms with E-state index in [0.717, 1.165) is 0 Å². The van der Waals surface area contributed by atoms with Gasteiger partial charge in [0.05, 0.1) is 0 Å². The largest absolute Gasteiger partial charge is 0.348 e. The average Bonchev–Trinajstić information content (AvgIpc) is 2.70. The SMILES string of the molecule is O=C(NCCCCl)C(=O)Nc1ncn[nH]1. The third-order valence-corrected chi connectivity index (χ3v) is 1.72. The average molecular weight is 232 g/mol. The molecule has 15 heavy (non-hydrogen) atoms. The number of carbonyl (C=O) groups is 2. The van der Waals surface area contributed by atoms with Crippen LogP contribution in [0.5, 0.6) is 0 Å². The fourth-order valence-electron chi connectivity index (χ4n) is 0.779. The van der Waals surface area contributed by atoms with Gasteiger partial charge in [-0.15, -0.1) is 11.6 Å². The Bertz CT molecular complexity index is 326. The molecule has 1 heterocycles. The van der Waals surface area contributed by atoms with Crippen LogP contribution < -0.4 is 10.6 Å². The van der Waals surface area contributed by atoms with Gasteiger partial charge in [-0.3, -0.25) is 14.9 Å². The lowest BCUT2D eigenvalue weighted by Crippen LogP contribution is -2.36. The van der Waals surface area contributed by atoms with Crippen molar-refractivity contribution in [1.82, 2.24) is 20.5 Å². The first-order chi connectivity index (χ1) is 7.24. The van der Waals surface area contributed by atoms with Gasteiger partial charge in [-0.05, 0) is 6.42 Å². The summed E-state index contributed by atoms with van der Waals surface area (Å²) in [6.45, 7) is 0.367. The Balaban J connectivity index is 2.30. The number of nitrogens with zero attached hydrogens (tertiary/aromatic N) is 2. The predicted molar refractivity (Wildman–Crippen MR) is 53.4 cm³/mol. The molecule has 0 spiro atoms. The summed E-state index contributed by atoms with van der Waals surface area (Å²) in [7, 11) is 0. The molecule has 0 bridgehead atoms. The minimum atomic E-state index is -0.790. The van der Waals surface area contributed by atoms with E-state index < -0.39 is 11.8 Å². The number of H-pyrrole nitrogens is 1. The molecule has 0 aromatic carbocycles. The molecule has 0 aliphatic heterocycles. The van der Waals surface area contributed by atoms with Gasteiger partial charge in [0.15, 0.2) is 0 Å². The van der Waals surface area contributed by atoms with Crippen molar-refractivity contribution < 1.29 is 9.59 Å². The molecule has 0 radical (unpaired) electrons. The third-order valence-electron chi connectivity index (χ3n) is 1.45. The summed E-state index contributed by atoms with van der Waals surface area (Å²) in [6.07, 6.45) is 1.84. The van der Waals surface area contributed by atoms with Crippen molar-refractivity contribution in [3.63, 3.8) is 0 Å². The van der Waals surface area contributed by atoms with Crippen molar-refractivity contribution in [2.24, 2.45) is 0 Å². The highest BCUT2D eigenvalue weighted by Crippen LogP contribution is 1.91. The minimum Gasteiger partial charge on any atom is -0.348 e. The highest BCUT2D eigenvalue weighted by molar-refractivity contribution is 6.39. The van der Waals surface area contributed by atoms with Gasteiger partial charge >= 0.3 is 11.8 Å². The second-order valence-corrected chi connectivity index (χ2v) is 2.96. The first-order valence-corrected chi connectivity index (χ1v) is 4.78. The van der Waals surface area contributed by atoms with Crippen molar-refractivity contribution in [2.75, 3.05) is 17.7 Å². The van der Waals surface area contributed by atoms with Crippen LogP contribution in [0.3, 0.4) is 0 Å². The maximum Gasteiger partial charge on any atom is 0.316 e. The van der Waals surface area contributed by atoms with E-state index >= 15 is 0 Å². The summed E-state index contributed by atoms with van der Waals surface area (Å²) in [5, 5.41) is 10.5. The van der Waals surface area contributed by atoms with E-state index in [0.29, 0.717) is 18.8 Å². The molecule has 0 saturated heterocycles. The normalized spacial score (nSPS) is 9.67. The molecule has 82 valence electrons. The van der Waals surface area contributed by atoms with E-state index in [9.17, 15) is 9.59 Å². The lowest BCUT2D eigenvalue weighted by molar-refractivity contribution is -0.136. The molecule has 3 N–H and O–H groups in total. The quantitative estimate of drug-likeness (QED) is 0.369. The van der Waals surface area contributed by atoms with Crippen LogP contribution in [0.15, 0.2) is 6.33 Å². The molecular weight excluding hydrogens is 222 g/mol. The van der Waals surface area contributed by atoms with Crippen LogP contribution >= 0.6 is 11.6 Å². The number of hydrogen-bond acceptors (Lipinski definition) is 4. The van der Waals surface area contributed by atoms with Crippen LogP contribution in [0.1, 0.15) is 6.42 Å². The van der Waals surface area contributed by atoms with Crippen LogP contribution in [-0.4, -0.2) is 39.4 Å². The van der Waals surface area contributed by atoms with Crippen molar-refractivity contribution in [3.8, 4) is 0 Å². The molecule has 0 fully saturated rings. The number of carbonyl (C=O) groups excluding carboxylic acids is 2. The summed E-state index contributed by atoms with van der Waals surface area (Å²) in [6, 6.07) is 0. The van der Waals surface area contributed by atoms with Crippen LogP contribution in [-0.2, 0) is 9.59 Å². The Hall–Kier alpha value is -1.63. The molecular formula is C7H10ClN5O2. The Morgan fingerprint density at radius 3 is 2.87 bits per heavy atom. The molecule has 8 heteroatoms. The first-order valence-electron chi connectivity index (χ1n) is 4.24. The van der Waals surface area contributed by atoms with Gasteiger partial charge < -0.3 is 5.32 Å². The topological polar surface area (TPSA) is 99.8 Å². The van der Waals surface area contributed by atoms with E-state index in [-0.39, 0.29) is 5.95 Å². The number of rotatable bonds is 4. The summed E-state index contributed by atoms with van der Waals surface area (Å²) in [5.74, 6) is -0.949. The number of halogens is 1. The van der Waals surface area contributed by atoms with E-state index in [1.807, 2.05) is 0 Å². The summed E-state index contributed by atoms with van der Waals surface area (Å²) in [4.78, 5) is 25.9. The Morgan fingerprint density at radius 2 is 2.27 bits per heavy atom. The zero-order chi connectivity index (χ0) is 11.1. The van der Waals surface area contributed by atoms with E-state index in [1.54, 1.807) is 0 Å². The summed E-state index contributed by atoms with van der Waals surface area (Å²) in [5.41, 5.74) is 0. The van der Waals surface area contributed by atoms with E-state index in [2.05, 4.69) is 25.8 Å². The van der Waals surface area contributed by atoms with Gasteiger partial charge in [0.25, 0.3) is 0 Å². The monoisotopic (exact) mass is 231 g/mol. The smallest absolute Gasteiger partial charge is 0.316 e. The lowest BCUT2D eigenvalue weighted by Gasteiger charge is -2.02. The number of amides is 2. The predicted octanol–water partition coefficient (Wildman–Crippen LogP) is -0.512. The summed E-state index contributed by atoms with van der Waals surface area (Å²) < 4.78 is 0. The molecule has 0 saturated carbocycles. The molecule has 1 rings (SSSR count). The van der Waals surface area contributed by atoms with Crippen molar-refractivity contribution in [3.05, 3.63) is 6.33 Å². The van der Waals surface area contributed by atoms with Crippen molar-refractivity contribution >= 4 is 29.4 Å². The van der Waals surface area contributed by atoms with Crippen LogP contribution in [0.4, 0.5) is 5.95 Å². The highest BCUT2D eigenvalue weighted by Gasteiger charge is 2.13. The molecule has 0 aliphatic carbocycles. The standard InChI is InChI=1S/C7H10ClN5O2/c8-2-1-3-9-5(14)6(15)12-7-10-4-11-13-7/h4H,1-3H2,(H,9,14)(H2,10,11,12,13,15). The number of alkyl halides is 1. The third kappa shape index (κ3) is 3.94. The Labute approximate surface area is 90.6 Å². The maximum absolute atomic E-state index is 11.2. The van der Waals surface area contributed by atoms with Gasteiger partial charge in [0.2, 0.25) is 5.95 Å². The molecule has 0 unspecified atom stereocenters. The number of aromatic nitrogens is 3. The van der Waals surface area contributed by atoms with Crippen LogP contribution in [0.2, 0.25) is 0 Å². The molecule has 7 nitrogen and oxygen atoms in total. The van der Waals surface area contributed by atoms with Gasteiger partial charge in [-0.25, -0.2) is 5.10 Å². The molecule has 0 aliphatic rings. The van der Waals surface area contributed by atoms with E-state index in [1.165, 1.54) is 6.33 Å².